The van der Waals surface area contributed by atoms with Gasteiger partial charge in [-0.15, -0.1) is 0 Å². The Balaban J connectivity index is 5.27. The van der Waals surface area contributed by atoms with E-state index in [0.717, 1.165) is 5.70 Å². The van der Waals surface area contributed by atoms with Crippen LogP contribution >= 0.6 is 0 Å². The molecule has 0 aliphatic rings. The van der Waals surface area contributed by atoms with Gasteiger partial charge in [0.05, 0.1) is 5.70 Å². The summed E-state index contributed by atoms with van der Waals surface area (Å²) in [7, 11) is -2.85. The highest BCUT2D eigenvalue weighted by Crippen LogP contribution is 2.24. The highest BCUT2D eigenvalue weighted by Gasteiger charge is 2.35. The summed E-state index contributed by atoms with van der Waals surface area (Å²) in [6.07, 6.45) is 1.94. The van der Waals surface area contributed by atoms with Crippen LogP contribution in [0.3, 0.4) is 0 Å². The van der Waals surface area contributed by atoms with Gasteiger partial charge in [0.2, 0.25) is 0 Å². The van der Waals surface area contributed by atoms with E-state index in [1.165, 1.54) is 0 Å². The van der Waals surface area contributed by atoms with Crippen molar-refractivity contribution in [3.63, 3.8) is 0 Å². The predicted molar refractivity (Wildman–Crippen MR) is 67.9 cm³/mol. The summed E-state index contributed by atoms with van der Waals surface area (Å²) >= 11 is 0. The Bertz CT molecular complexity index is 249. The molecule has 0 spiro atoms. The summed E-state index contributed by atoms with van der Waals surface area (Å²) in [5.41, 5.74) is 0.864. The monoisotopic (exact) mass is 226 g/mol. The van der Waals surface area contributed by atoms with E-state index in [4.69, 9.17) is 5.26 Å². The zero-order valence-electron chi connectivity index (χ0n) is 10.5. The lowest BCUT2D eigenvalue weighted by Crippen LogP contribution is -2.57. The molecule has 0 aliphatic carbocycles. The second-order valence-electron chi connectivity index (χ2n) is 5.46. The normalized spacial score (nSPS) is 13.7. The highest BCUT2D eigenvalue weighted by molar-refractivity contribution is 6.90. The Kier molecular flexibility index (Phi) is 4.16. The van der Waals surface area contributed by atoms with Crippen molar-refractivity contribution in [2.45, 2.75) is 46.2 Å². The van der Waals surface area contributed by atoms with Crippen molar-refractivity contribution in [1.82, 2.24) is 4.23 Å². The highest BCUT2D eigenvalue weighted by atomic mass is 28.4. The van der Waals surface area contributed by atoms with Crippen LogP contribution in [0.25, 0.3) is 0 Å². The van der Waals surface area contributed by atoms with E-state index in [2.05, 4.69) is 49.6 Å². The second-order valence-corrected chi connectivity index (χ2v) is 15.5. The van der Waals surface area contributed by atoms with E-state index in [1.807, 2.05) is 13.0 Å². The quantitative estimate of drug-likeness (QED) is 0.545. The van der Waals surface area contributed by atoms with Crippen LogP contribution in [-0.2, 0) is 0 Å². The first-order valence-corrected chi connectivity index (χ1v) is 11.9. The van der Waals surface area contributed by atoms with Crippen molar-refractivity contribution in [2.75, 3.05) is 0 Å². The number of hydrogen-bond acceptors (Lipinski definition) is 2. The van der Waals surface area contributed by atoms with Gasteiger partial charge in [0.1, 0.15) is 22.5 Å². The zero-order chi connectivity index (χ0) is 11.6. The van der Waals surface area contributed by atoms with Gasteiger partial charge in [0.15, 0.2) is 0 Å². The SMILES string of the molecule is C/C=C(/C#N)N([Si](C)(C)C)[Si](C)(C)C. The Morgan fingerprint density at radius 2 is 1.43 bits per heavy atom. The molecule has 80 valence electrons. The van der Waals surface area contributed by atoms with E-state index < -0.39 is 16.5 Å². The topological polar surface area (TPSA) is 27.0 Å². The molecule has 0 N–H and O–H groups in total. The smallest absolute Gasteiger partial charge is 0.139 e. The molecule has 14 heavy (non-hydrogen) atoms. The predicted octanol–water partition coefficient (Wildman–Crippen LogP) is 3.39. The summed E-state index contributed by atoms with van der Waals surface area (Å²) in [5, 5.41) is 9.11. The maximum Gasteiger partial charge on any atom is 0.139 e. The minimum absolute atomic E-state index is 0.864. The number of hydrogen-bond donors (Lipinski definition) is 0. The molecule has 0 aliphatic heterocycles. The average molecular weight is 226 g/mol. The van der Waals surface area contributed by atoms with Gasteiger partial charge in [0.25, 0.3) is 0 Å². The summed E-state index contributed by atoms with van der Waals surface area (Å²) < 4.78 is 2.43. The number of nitrogens with zero attached hydrogens (tertiary/aromatic N) is 2. The Morgan fingerprint density at radius 1 is 1.07 bits per heavy atom. The van der Waals surface area contributed by atoms with Gasteiger partial charge in [0, 0.05) is 0 Å². The van der Waals surface area contributed by atoms with Crippen LogP contribution < -0.4 is 0 Å². The fourth-order valence-electron chi connectivity index (χ4n) is 1.97. The molecule has 0 aromatic carbocycles. The van der Waals surface area contributed by atoms with Crippen LogP contribution in [-0.4, -0.2) is 20.7 Å². The number of nitriles is 1. The van der Waals surface area contributed by atoms with E-state index in [9.17, 15) is 0 Å². The first-order chi connectivity index (χ1) is 6.14. The van der Waals surface area contributed by atoms with Gasteiger partial charge in [-0.25, -0.2) is 0 Å². The van der Waals surface area contributed by atoms with Crippen molar-refractivity contribution in [3.8, 4) is 6.07 Å². The molecular formula is C10H22N2Si2. The lowest BCUT2D eigenvalue weighted by Gasteiger charge is -2.45. The Morgan fingerprint density at radius 3 is 1.50 bits per heavy atom. The molecule has 0 saturated carbocycles. The molecule has 0 rings (SSSR count). The van der Waals surface area contributed by atoms with E-state index in [-0.39, 0.29) is 0 Å². The van der Waals surface area contributed by atoms with Gasteiger partial charge >= 0.3 is 0 Å². The first-order valence-electron chi connectivity index (χ1n) is 5.01. The molecule has 2 nitrogen and oxygen atoms in total. The molecule has 0 saturated heterocycles. The van der Waals surface area contributed by atoms with Crippen LogP contribution in [0.4, 0.5) is 0 Å². The van der Waals surface area contributed by atoms with Crippen LogP contribution in [0, 0.1) is 11.3 Å². The minimum atomic E-state index is -1.42. The third kappa shape index (κ3) is 3.31. The molecule has 0 fully saturated rings. The summed E-state index contributed by atoms with van der Waals surface area (Å²) in [4.78, 5) is 0. The van der Waals surface area contributed by atoms with Gasteiger partial charge in [-0.05, 0) is 6.92 Å². The van der Waals surface area contributed by atoms with Crippen LogP contribution in [0.1, 0.15) is 6.92 Å². The second kappa shape index (κ2) is 4.32. The fraction of sp³-hybridized carbons (Fsp3) is 0.700. The van der Waals surface area contributed by atoms with Gasteiger partial charge < -0.3 is 4.23 Å². The molecule has 0 unspecified atom stereocenters. The number of rotatable bonds is 3. The molecule has 0 atom stereocenters. The van der Waals surface area contributed by atoms with Crippen molar-refractivity contribution < 1.29 is 0 Å². The first kappa shape index (κ1) is 13.5. The van der Waals surface area contributed by atoms with E-state index in [1.54, 1.807) is 0 Å². The van der Waals surface area contributed by atoms with Crippen molar-refractivity contribution in [2.24, 2.45) is 0 Å². The van der Waals surface area contributed by atoms with Gasteiger partial charge in [-0.1, -0.05) is 45.4 Å². The maximum atomic E-state index is 9.11. The van der Waals surface area contributed by atoms with Gasteiger partial charge in [-0.3, -0.25) is 0 Å². The van der Waals surface area contributed by atoms with Gasteiger partial charge in [-0.2, -0.15) is 5.26 Å². The van der Waals surface area contributed by atoms with Crippen molar-refractivity contribution in [3.05, 3.63) is 11.8 Å². The summed E-state index contributed by atoms with van der Waals surface area (Å²) in [5.74, 6) is 0. The third-order valence-corrected chi connectivity index (χ3v) is 9.16. The molecular weight excluding hydrogens is 204 g/mol. The fourth-order valence-corrected chi connectivity index (χ4v) is 11.8. The minimum Gasteiger partial charge on any atom is -0.416 e. The Labute approximate surface area is 90.4 Å². The standard InChI is InChI=1S/C10H22N2Si2/c1-8-10(9-11)12(13(2,3)4)14(5,6)7/h8H,1-7H3/b10-8-. The Hall–Kier alpha value is -0.536. The van der Waals surface area contributed by atoms with E-state index >= 15 is 0 Å². The molecule has 0 aromatic rings. The number of allylic oxidation sites excluding steroid dienone is 2. The molecule has 0 aromatic heterocycles. The van der Waals surface area contributed by atoms with Crippen LogP contribution in [0.2, 0.25) is 39.3 Å². The lowest BCUT2D eigenvalue weighted by atomic mass is 10.5. The largest absolute Gasteiger partial charge is 0.416 e. The van der Waals surface area contributed by atoms with E-state index in [0.29, 0.717) is 0 Å². The van der Waals surface area contributed by atoms with Crippen molar-refractivity contribution in [1.29, 1.82) is 5.26 Å². The molecule has 0 radical (unpaired) electrons. The zero-order valence-corrected chi connectivity index (χ0v) is 12.5. The molecule has 0 heterocycles. The lowest BCUT2D eigenvalue weighted by molar-refractivity contribution is 0.784. The molecule has 0 bridgehead atoms. The molecule has 4 heteroatoms. The average Bonchev–Trinajstić information content (AvgIpc) is 1.94. The van der Waals surface area contributed by atoms with Crippen LogP contribution in [0.5, 0.6) is 0 Å². The van der Waals surface area contributed by atoms with Crippen molar-refractivity contribution >= 4 is 16.5 Å². The summed E-state index contributed by atoms with van der Waals surface area (Å²) in [6.45, 7) is 15.7. The molecule has 0 amide bonds. The maximum absolute atomic E-state index is 9.11. The third-order valence-electron chi connectivity index (χ3n) is 1.97. The summed E-state index contributed by atoms with van der Waals surface area (Å²) in [6, 6.07) is 2.32. The van der Waals surface area contributed by atoms with Crippen LogP contribution in [0.15, 0.2) is 11.8 Å².